The average Bonchev–Trinajstić information content (AvgIpc) is 2.84. The maximum absolute atomic E-state index is 12.6. The standard InChI is InChI=1S/C15H16ClN3O2/c1-10-9-19(13-5-3-4-12(16)15(13)21-10)14(20)8-11-6-7-18(2)17-11/h3-7,10H,8-9H2,1-2H3. The minimum absolute atomic E-state index is 0.00707. The minimum Gasteiger partial charge on any atom is -0.485 e. The Labute approximate surface area is 128 Å². The van der Waals surface area contributed by atoms with E-state index >= 15 is 0 Å². The van der Waals surface area contributed by atoms with E-state index < -0.39 is 0 Å². The molecule has 6 heteroatoms. The van der Waals surface area contributed by atoms with Crippen LogP contribution >= 0.6 is 11.6 Å². The van der Waals surface area contributed by atoms with Crippen LogP contribution in [0.4, 0.5) is 5.69 Å². The van der Waals surface area contributed by atoms with Gasteiger partial charge in [-0.25, -0.2) is 0 Å². The van der Waals surface area contributed by atoms with Gasteiger partial charge in [0, 0.05) is 13.2 Å². The monoisotopic (exact) mass is 305 g/mol. The Morgan fingerprint density at radius 1 is 1.48 bits per heavy atom. The van der Waals surface area contributed by atoms with Crippen molar-refractivity contribution in [2.24, 2.45) is 7.05 Å². The average molecular weight is 306 g/mol. The van der Waals surface area contributed by atoms with Gasteiger partial charge in [0.15, 0.2) is 5.75 Å². The van der Waals surface area contributed by atoms with Crippen molar-refractivity contribution in [1.29, 1.82) is 0 Å². The topological polar surface area (TPSA) is 47.4 Å². The molecule has 1 unspecified atom stereocenters. The summed E-state index contributed by atoms with van der Waals surface area (Å²) >= 11 is 6.16. The number of aromatic nitrogens is 2. The molecule has 0 fully saturated rings. The van der Waals surface area contributed by atoms with Crippen LogP contribution in [-0.2, 0) is 18.3 Å². The van der Waals surface area contributed by atoms with Gasteiger partial charge < -0.3 is 9.64 Å². The van der Waals surface area contributed by atoms with E-state index in [-0.39, 0.29) is 18.4 Å². The number of rotatable bonds is 2. The summed E-state index contributed by atoms with van der Waals surface area (Å²) in [7, 11) is 1.83. The first kappa shape index (κ1) is 13.9. The summed E-state index contributed by atoms with van der Waals surface area (Å²) in [6.45, 7) is 2.44. The van der Waals surface area contributed by atoms with E-state index in [0.717, 1.165) is 11.4 Å². The van der Waals surface area contributed by atoms with Crippen LogP contribution in [-0.4, -0.2) is 28.3 Å². The molecule has 1 aromatic carbocycles. The summed E-state index contributed by atoms with van der Waals surface area (Å²) in [6, 6.07) is 7.28. The molecule has 1 aliphatic rings. The van der Waals surface area contributed by atoms with Gasteiger partial charge in [0.1, 0.15) is 6.10 Å². The molecular formula is C15H16ClN3O2. The van der Waals surface area contributed by atoms with Crippen LogP contribution in [0.3, 0.4) is 0 Å². The Hall–Kier alpha value is -2.01. The molecule has 0 bridgehead atoms. The number of hydrogen-bond acceptors (Lipinski definition) is 3. The van der Waals surface area contributed by atoms with Gasteiger partial charge in [-0.3, -0.25) is 9.48 Å². The predicted octanol–water partition coefficient (Wildman–Crippen LogP) is 2.43. The van der Waals surface area contributed by atoms with Crippen molar-refractivity contribution in [2.75, 3.05) is 11.4 Å². The Balaban J connectivity index is 1.88. The van der Waals surface area contributed by atoms with Crippen molar-refractivity contribution < 1.29 is 9.53 Å². The van der Waals surface area contributed by atoms with Gasteiger partial charge in [-0.05, 0) is 25.1 Å². The van der Waals surface area contributed by atoms with Gasteiger partial charge in [0.2, 0.25) is 5.91 Å². The zero-order valence-electron chi connectivity index (χ0n) is 11.9. The van der Waals surface area contributed by atoms with Crippen LogP contribution in [0.5, 0.6) is 5.75 Å². The number of aryl methyl sites for hydroxylation is 1. The van der Waals surface area contributed by atoms with Crippen molar-refractivity contribution in [2.45, 2.75) is 19.4 Å². The Bertz CT molecular complexity index is 683. The van der Waals surface area contributed by atoms with Crippen molar-refractivity contribution in [1.82, 2.24) is 9.78 Å². The van der Waals surface area contributed by atoms with Crippen LogP contribution in [0.15, 0.2) is 30.5 Å². The third-order valence-corrected chi connectivity index (χ3v) is 3.70. The van der Waals surface area contributed by atoms with Gasteiger partial charge in [-0.1, -0.05) is 17.7 Å². The fraction of sp³-hybridized carbons (Fsp3) is 0.333. The molecular weight excluding hydrogens is 290 g/mol. The molecule has 5 nitrogen and oxygen atoms in total. The minimum atomic E-state index is -0.0925. The zero-order valence-corrected chi connectivity index (χ0v) is 12.7. The highest BCUT2D eigenvalue weighted by atomic mass is 35.5. The number of ether oxygens (including phenoxy) is 1. The first-order chi connectivity index (χ1) is 10.0. The Morgan fingerprint density at radius 2 is 2.29 bits per heavy atom. The van der Waals surface area contributed by atoms with E-state index in [0.29, 0.717) is 17.3 Å². The fourth-order valence-corrected chi connectivity index (χ4v) is 2.68. The molecule has 21 heavy (non-hydrogen) atoms. The van der Waals surface area contributed by atoms with Gasteiger partial charge in [-0.2, -0.15) is 5.10 Å². The number of carbonyl (C=O) groups excluding carboxylic acids is 1. The molecule has 0 radical (unpaired) electrons. The predicted molar refractivity (Wildman–Crippen MR) is 80.8 cm³/mol. The number of hydrogen-bond donors (Lipinski definition) is 0. The number of carbonyl (C=O) groups is 1. The van der Waals surface area contributed by atoms with Crippen LogP contribution in [0, 0.1) is 0 Å². The second-order valence-corrected chi connectivity index (χ2v) is 5.59. The highest BCUT2D eigenvalue weighted by Gasteiger charge is 2.29. The van der Waals surface area contributed by atoms with E-state index in [2.05, 4.69) is 5.10 Å². The fourth-order valence-electron chi connectivity index (χ4n) is 2.46. The molecule has 1 amide bonds. The van der Waals surface area contributed by atoms with Crippen molar-refractivity contribution in [3.8, 4) is 5.75 Å². The summed E-state index contributed by atoms with van der Waals surface area (Å²) in [5.41, 5.74) is 1.48. The zero-order chi connectivity index (χ0) is 15.0. The molecule has 0 saturated carbocycles. The summed E-state index contributed by atoms with van der Waals surface area (Å²) in [5.74, 6) is 0.569. The van der Waals surface area contributed by atoms with Crippen LogP contribution in [0.2, 0.25) is 5.02 Å². The lowest BCUT2D eigenvalue weighted by Crippen LogP contribution is -2.43. The number of fused-ring (bicyclic) bond motifs is 1. The molecule has 1 aromatic heterocycles. The number of benzene rings is 1. The van der Waals surface area contributed by atoms with E-state index in [1.165, 1.54) is 0 Å². The normalized spacial score (nSPS) is 17.3. The van der Waals surface area contributed by atoms with Gasteiger partial charge >= 0.3 is 0 Å². The first-order valence-electron chi connectivity index (χ1n) is 6.78. The largest absolute Gasteiger partial charge is 0.485 e. The number of amides is 1. The number of halogens is 1. The van der Waals surface area contributed by atoms with Gasteiger partial charge in [0.25, 0.3) is 0 Å². The summed E-state index contributed by atoms with van der Waals surface area (Å²) < 4.78 is 7.44. The van der Waals surface area contributed by atoms with E-state index in [1.54, 1.807) is 15.6 Å². The molecule has 110 valence electrons. The van der Waals surface area contributed by atoms with Crippen molar-refractivity contribution >= 4 is 23.2 Å². The molecule has 0 saturated heterocycles. The number of nitrogens with zero attached hydrogens (tertiary/aromatic N) is 3. The molecule has 2 aromatic rings. The molecule has 2 heterocycles. The van der Waals surface area contributed by atoms with Crippen molar-refractivity contribution in [3.63, 3.8) is 0 Å². The Morgan fingerprint density at radius 3 is 3.00 bits per heavy atom. The molecule has 0 spiro atoms. The maximum atomic E-state index is 12.6. The third-order valence-electron chi connectivity index (χ3n) is 3.40. The molecule has 3 rings (SSSR count). The van der Waals surface area contributed by atoms with Crippen LogP contribution < -0.4 is 9.64 Å². The number of para-hydroxylation sites is 1. The van der Waals surface area contributed by atoms with E-state index in [1.807, 2.05) is 38.4 Å². The van der Waals surface area contributed by atoms with E-state index in [4.69, 9.17) is 16.3 Å². The second kappa shape index (κ2) is 5.41. The highest BCUT2D eigenvalue weighted by Crippen LogP contribution is 2.39. The number of anilines is 1. The molecule has 0 N–H and O–H groups in total. The lowest BCUT2D eigenvalue weighted by atomic mass is 10.1. The lowest BCUT2D eigenvalue weighted by molar-refractivity contribution is -0.118. The van der Waals surface area contributed by atoms with Crippen LogP contribution in [0.1, 0.15) is 12.6 Å². The maximum Gasteiger partial charge on any atom is 0.233 e. The SMILES string of the molecule is CC1CN(C(=O)Cc2ccn(C)n2)c2cccc(Cl)c2O1. The summed E-state index contributed by atoms with van der Waals surface area (Å²) in [6.07, 6.45) is 2.00. The van der Waals surface area contributed by atoms with Gasteiger partial charge in [-0.15, -0.1) is 0 Å². The molecule has 1 atom stereocenters. The second-order valence-electron chi connectivity index (χ2n) is 5.18. The summed E-state index contributed by atoms with van der Waals surface area (Å²) in [5, 5.41) is 4.77. The smallest absolute Gasteiger partial charge is 0.233 e. The van der Waals surface area contributed by atoms with E-state index in [9.17, 15) is 4.79 Å². The van der Waals surface area contributed by atoms with Crippen LogP contribution in [0.25, 0.3) is 0 Å². The third kappa shape index (κ3) is 2.74. The Kier molecular flexibility index (Phi) is 3.59. The highest BCUT2D eigenvalue weighted by molar-refractivity contribution is 6.32. The molecule has 0 aliphatic carbocycles. The first-order valence-corrected chi connectivity index (χ1v) is 7.16. The quantitative estimate of drug-likeness (QED) is 0.856. The van der Waals surface area contributed by atoms with Crippen molar-refractivity contribution in [3.05, 3.63) is 41.2 Å². The van der Waals surface area contributed by atoms with Gasteiger partial charge in [0.05, 0.1) is 29.4 Å². The summed E-state index contributed by atoms with van der Waals surface area (Å²) in [4.78, 5) is 14.3. The molecule has 1 aliphatic heterocycles. The lowest BCUT2D eigenvalue weighted by Gasteiger charge is -2.33.